The zero-order chi connectivity index (χ0) is 33.1. The number of hydrogen-bond donors (Lipinski definition) is 0. The number of benzene rings is 3. The van der Waals surface area contributed by atoms with Gasteiger partial charge >= 0.3 is 12.1 Å². The number of rotatable bonds is 10. The fourth-order valence-corrected chi connectivity index (χ4v) is 7.59. The van der Waals surface area contributed by atoms with E-state index in [1.54, 1.807) is 13.0 Å². The average molecular weight is 655 g/mol. The Hall–Kier alpha value is -3.36. The normalized spacial score (nSPS) is 19.9. The van der Waals surface area contributed by atoms with Gasteiger partial charge in [0.05, 0.1) is 10.6 Å². The van der Waals surface area contributed by atoms with Crippen LogP contribution < -0.4 is 0 Å². The molecule has 2 fully saturated rings. The van der Waals surface area contributed by atoms with Gasteiger partial charge in [-0.05, 0) is 68.0 Å². The highest BCUT2D eigenvalue weighted by Gasteiger charge is 2.56. The maximum Gasteiger partial charge on any atom is 0.417 e. The Morgan fingerprint density at radius 3 is 2.07 bits per heavy atom. The van der Waals surface area contributed by atoms with E-state index in [-0.39, 0.29) is 29.3 Å². The van der Waals surface area contributed by atoms with Crippen LogP contribution in [-0.4, -0.2) is 53.9 Å². The van der Waals surface area contributed by atoms with E-state index >= 15 is 0 Å². The van der Waals surface area contributed by atoms with E-state index in [0.717, 1.165) is 36.6 Å². The summed E-state index contributed by atoms with van der Waals surface area (Å²) in [6.45, 7) is 8.34. The number of carbonyl (C=O) groups excluding carboxylic acids is 2. The lowest BCUT2D eigenvalue weighted by Crippen LogP contribution is -2.46. The number of esters is 1. The van der Waals surface area contributed by atoms with Crippen molar-refractivity contribution in [3.63, 3.8) is 0 Å². The first-order valence-corrected chi connectivity index (χ1v) is 16.5. The number of nitrogens with zero attached hydrogens (tertiary/aromatic N) is 2. The van der Waals surface area contributed by atoms with E-state index in [9.17, 15) is 22.8 Å². The minimum atomic E-state index is -4.62. The Morgan fingerprint density at radius 2 is 1.54 bits per heavy atom. The lowest BCUT2D eigenvalue weighted by atomic mass is 9.66. The monoisotopic (exact) mass is 654 g/mol. The lowest BCUT2D eigenvalue weighted by molar-refractivity contribution is -0.166. The van der Waals surface area contributed by atoms with Crippen molar-refractivity contribution in [3.8, 4) is 0 Å². The molecule has 3 aromatic rings. The second-order valence-electron chi connectivity index (χ2n) is 12.8. The predicted molar refractivity (Wildman–Crippen MR) is 173 cm³/mol. The minimum absolute atomic E-state index is 0.0523. The summed E-state index contributed by atoms with van der Waals surface area (Å²) in [4.78, 5) is 31.1. The third-order valence-electron chi connectivity index (χ3n) is 9.80. The molecular formula is C37H42ClF3N2O3. The Labute approximate surface area is 274 Å². The molecule has 0 N–H and O–H groups in total. The minimum Gasteiger partial charge on any atom is -0.454 e. The van der Waals surface area contributed by atoms with Crippen molar-refractivity contribution in [1.29, 1.82) is 0 Å². The van der Waals surface area contributed by atoms with Gasteiger partial charge in [-0.25, -0.2) is 0 Å². The molecule has 9 heteroatoms. The van der Waals surface area contributed by atoms with E-state index < -0.39 is 28.7 Å². The van der Waals surface area contributed by atoms with Crippen molar-refractivity contribution in [2.24, 2.45) is 5.92 Å². The maximum atomic E-state index is 14.4. The second-order valence-corrected chi connectivity index (χ2v) is 13.2. The van der Waals surface area contributed by atoms with Gasteiger partial charge in [-0.3, -0.25) is 9.59 Å². The van der Waals surface area contributed by atoms with Crippen molar-refractivity contribution >= 4 is 23.5 Å². The van der Waals surface area contributed by atoms with Crippen LogP contribution in [0.25, 0.3) is 0 Å². The van der Waals surface area contributed by atoms with E-state index in [4.69, 9.17) is 16.3 Å². The van der Waals surface area contributed by atoms with E-state index in [1.807, 2.05) is 41.3 Å². The Bertz CT molecular complexity index is 1470. The van der Waals surface area contributed by atoms with Crippen molar-refractivity contribution in [2.75, 3.05) is 26.2 Å². The summed E-state index contributed by atoms with van der Waals surface area (Å²) in [7, 11) is 0. The van der Waals surface area contributed by atoms with Crippen molar-refractivity contribution < 1.29 is 27.5 Å². The summed E-state index contributed by atoms with van der Waals surface area (Å²) in [5.74, 6) is -0.265. The van der Waals surface area contributed by atoms with Crippen molar-refractivity contribution in [2.45, 2.75) is 76.1 Å². The van der Waals surface area contributed by atoms with Gasteiger partial charge in [0.25, 0.3) is 0 Å². The van der Waals surface area contributed by atoms with Crippen LogP contribution in [-0.2, 0) is 31.5 Å². The van der Waals surface area contributed by atoms with Crippen LogP contribution in [0, 0.1) is 5.92 Å². The number of alkyl halides is 3. The molecule has 1 amide bonds. The molecule has 5 rings (SSSR count). The summed E-state index contributed by atoms with van der Waals surface area (Å²) in [6, 6.07) is 24.0. The van der Waals surface area contributed by atoms with E-state index in [0.29, 0.717) is 38.0 Å². The lowest BCUT2D eigenvalue weighted by Gasteiger charge is -2.42. The smallest absolute Gasteiger partial charge is 0.417 e. The van der Waals surface area contributed by atoms with Crippen LogP contribution in [0.3, 0.4) is 0 Å². The Morgan fingerprint density at radius 1 is 0.957 bits per heavy atom. The van der Waals surface area contributed by atoms with Gasteiger partial charge < -0.3 is 14.5 Å². The molecular weight excluding hydrogens is 613 g/mol. The van der Waals surface area contributed by atoms with Gasteiger partial charge in [0, 0.05) is 44.9 Å². The molecule has 3 aromatic carbocycles. The largest absolute Gasteiger partial charge is 0.454 e. The predicted octanol–water partition coefficient (Wildman–Crippen LogP) is 8.24. The highest BCUT2D eigenvalue weighted by Crippen LogP contribution is 2.48. The molecule has 246 valence electrons. The summed E-state index contributed by atoms with van der Waals surface area (Å²) < 4.78 is 47.1. The van der Waals surface area contributed by atoms with Gasteiger partial charge in [0.15, 0.2) is 0 Å². The fraction of sp³-hybridized carbons (Fsp3) is 0.459. The highest BCUT2D eigenvalue weighted by atomic mass is 35.5. The molecule has 46 heavy (non-hydrogen) atoms. The van der Waals surface area contributed by atoms with Gasteiger partial charge in [-0.15, -0.1) is 0 Å². The van der Waals surface area contributed by atoms with Gasteiger partial charge in [0.2, 0.25) is 5.91 Å². The molecule has 0 radical (unpaired) electrons. The van der Waals surface area contributed by atoms with Crippen LogP contribution >= 0.6 is 11.6 Å². The molecule has 2 saturated heterocycles. The molecule has 5 nitrogen and oxygen atoms in total. The van der Waals surface area contributed by atoms with Gasteiger partial charge in [-0.2, -0.15) is 13.2 Å². The Balaban J connectivity index is 1.34. The first-order valence-electron chi connectivity index (χ1n) is 16.2. The number of halogens is 4. The SMILES string of the molecule is CCC(=O)OC1(c2ccc(Cl)c(C(F)(F)F)c2)CCN(CCCC2CN(C(C)C)C(=O)C2(c2ccccc2)c2ccccc2)CC1. The zero-order valence-electron chi connectivity index (χ0n) is 26.7. The fourth-order valence-electron chi connectivity index (χ4n) is 7.36. The number of hydrogen-bond acceptors (Lipinski definition) is 4. The van der Waals surface area contributed by atoms with Crippen LogP contribution in [0.15, 0.2) is 78.9 Å². The number of ether oxygens (including phenoxy) is 1. The first kappa shape index (κ1) is 34.0. The second kappa shape index (κ2) is 13.8. The Kier molecular flexibility index (Phi) is 10.2. The molecule has 2 aliphatic heterocycles. The van der Waals surface area contributed by atoms with E-state index in [1.165, 1.54) is 6.07 Å². The standard InChI is InChI=1S/C37H42ClF3N2O3/c1-4-33(44)46-35(29-17-18-32(38)31(24-29)37(39,40)41)19-22-42(23-20-35)21-11-16-30-25-43(26(2)3)34(45)36(30,27-12-7-5-8-13-27)28-14-9-6-10-15-28/h5-10,12-15,17-18,24,26,30H,4,11,16,19-23,25H2,1-3H3. The summed E-state index contributed by atoms with van der Waals surface area (Å²) in [5, 5.41) is -0.380. The number of piperidine rings is 1. The molecule has 1 atom stereocenters. The molecule has 2 heterocycles. The molecule has 0 bridgehead atoms. The third kappa shape index (κ3) is 6.56. The quantitative estimate of drug-likeness (QED) is 0.207. The van der Waals surface area contributed by atoms with Crippen LogP contribution in [0.5, 0.6) is 0 Å². The van der Waals surface area contributed by atoms with Crippen LogP contribution in [0.1, 0.15) is 75.1 Å². The molecule has 0 spiro atoms. The average Bonchev–Trinajstić information content (AvgIpc) is 3.34. The molecule has 0 aromatic heterocycles. The molecule has 2 aliphatic rings. The summed E-state index contributed by atoms with van der Waals surface area (Å²) in [5.41, 5.74) is -0.549. The zero-order valence-corrected chi connectivity index (χ0v) is 27.4. The van der Waals surface area contributed by atoms with Crippen molar-refractivity contribution in [1.82, 2.24) is 9.80 Å². The first-order chi connectivity index (χ1) is 21.9. The molecule has 1 unspecified atom stereocenters. The van der Waals surface area contributed by atoms with Gasteiger partial charge in [-0.1, -0.05) is 85.3 Å². The number of likely N-dealkylation sites (tertiary alicyclic amines) is 2. The highest BCUT2D eigenvalue weighted by molar-refractivity contribution is 6.31. The third-order valence-corrected chi connectivity index (χ3v) is 10.1. The molecule has 0 aliphatic carbocycles. The topological polar surface area (TPSA) is 49.9 Å². The summed E-state index contributed by atoms with van der Waals surface area (Å²) in [6.07, 6.45) is -2.09. The van der Waals surface area contributed by atoms with Crippen molar-refractivity contribution in [3.05, 3.63) is 106 Å². The number of carbonyl (C=O) groups is 2. The summed E-state index contributed by atoms with van der Waals surface area (Å²) >= 11 is 5.91. The maximum absolute atomic E-state index is 14.4. The van der Waals surface area contributed by atoms with Crippen LogP contribution in [0.2, 0.25) is 5.02 Å². The van der Waals surface area contributed by atoms with E-state index in [2.05, 4.69) is 43.0 Å². The number of amides is 1. The van der Waals surface area contributed by atoms with Crippen LogP contribution in [0.4, 0.5) is 13.2 Å². The molecule has 0 saturated carbocycles. The van der Waals surface area contributed by atoms with Gasteiger partial charge in [0.1, 0.15) is 11.0 Å².